The topological polar surface area (TPSA) is 105 Å². The highest BCUT2D eigenvalue weighted by molar-refractivity contribution is 7.88. The molecule has 0 N–H and O–H groups in total. The zero-order chi connectivity index (χ0) is 21.3. The normalized spacial score (nSPS) is 19.3. The zero-order valence-electron chi connectivity index (χ0n) is 17.3. The van der Waals surface area contributed by atoms with Crippen molar-refractivity contribution in [1.82, 2.24) is 28.7 Å². The van der Waals surface area contributed by atoms with E-state index in [1.165, 1.54) is 10.6 Å². The van der Waals surface area contributed by atoms with E-state index in [1.54, 1.807) is 12.5 Å². The first-order valence-electron chi connectivity index (χ1n) is 10.1. The fourth-order valence-electron chi connectivity index (χ4n) is 4.12. The summed E-state index contributed by atoms with van der Waals surface area (Å²) in [5.41, 5.74) is 0. The number of imidazole rings is 1. The van der Waals surface area contributed by atoms with Crippen LogP contribution in [0.25, 0.3) is 5.82 Å². The van der Waals surface area contributed by atoms with Crippen molar-refractivity contribution >= 4 is 21.7 Å². The van der Waals surface area contributed by atoms with Crippen LogP contribution in [-0.2, 0) is 14.8 Å². The van der Waals surface area contributed by atoms with Gasteiger partial charge in [0.15, 0.2) is 0 Å². The molecular weight excluding hydrogens is 406 g/mol. The molecule has 11 heteroatoms. The smallest absolute Gasteiger partial charge is 0.225 e. The lowest BCUT2D eigenvalue weighted by Gasteiger charge is -2.38. The van der Waals surface area contributed by atoms with Gasteiger partial charge in [0.2, 0.25) is 15.9 Å². The van der Waals surface area contributed by atoms with Crippen molar-refractivity contribution in [3.8, 4) is 5.82 Å². The molecule has 0 atom stereocenters. The van der Waals surface area contributed by atoms with Crippen LogP contribution in [0.15, 0.2) is 24.8 Å². The maximum Gasteiger partial charge on any atom is 0.225 e. The number of sulfonamides is 1. The molecule has 4 heterocycles. The summed E-state index contributed by atoms with van der Waals surface area (Å²) < 4.78 is 26.7. The highest BCUT2D eigenvalue weighted by Crippen LogP contribution is 2.25. The molecule has 30 heavy (non-hydrogen) atoms. The Morgan fingerprint density at radius 1 is 1.00 bits per heavy atom. The van der Waals surface area contributed by atoms with E-state index in [1.807, 2.05) is 28.7 Å². The molecule has 2 aliphatic heterocycles. The van der Waals surface area contributed by atoms with Gasteiger partial charge in [0.25, 0.3) is 0 Å². The summed E-state index contributed by atoms with van der Waals surface area (Å²) in [7, 11) is -3.19. The second-order valence-electron chi connectivity index (χ2n) is 7.83. The number of amides is 1. The Kier molecular flexibility index (Phi) is 5.74. The van der Waals surface area contributed by atoms with Gasteiger partial charge in [0, 0.05) is 63.6 Å². The summed E-state index contributed by atoms with van der Waals surface area (Å²) in [4.78, 5) is 29.9. The van der Waals surface area contributed by atoms with Gasteiger partial charge < -0.3 is 9.80 Å². The Morgan fingerprint density at radius 3 is 2.27 bits per heavy atom. The van der Waals surface area contributed by atoms with Crippen molar-refractivity contribution in [3.63, 3.8) is 0 Å². The highest BCUT2D eigenvalue weighted by atomic mass is 32.2. The van der Waals surface area contributed by atoms with E-state index in [2.05, 4.69) is 19.9 Å². The van der Waals surface area contributed by atoms with Gasteiger partial charge in [-0.05, 0) is 19.8 Å². The fourth-order valence-corrected chi connectivity index (χ4v) is 4.94. The van der Waals surface area contributed by atoms with Crippen LogP contribution in [0.3, 0.4) is 0 Å². The average Bonchev–Trinajstić information content (AvgIpc) is 3.19. The van der Waals surface area contributed by atoms with Gasteiger partial charge in [0.05, 0.1) is 6.26 Å². The second kappa shape index (κ2) is 8.31. The van der Waals surface area contributed by atoms with E-state index in [9.17, 15) is 13.2 Å². The number of piperazine rings is 1. The summed E-state index contributed by atoms with van der Waals surface area (Å²) >= 11 is 0. The lowest BCUT2D eigenvalue weighted by molar-refractivity contribution is -0.137. The molecule has 0 bridgehead atoms. The van der Waals surface area contributed by atoms with Crippen molar-refractivity contribution in [3.05, 3.63) is 30.6 Å². The molecule has 2 fully saturated rings. The molecule has 0 aliphatic carbocycles. The van der Waals surface area contributed by atoms with E-state index in [-0.39, 0.29) is 11.8 Å². The number of rotatable bonds is 4. The Labute approximate surface area is 176 Å². The highest BCUT2D eigenvalue weighted by Gasteiger charge is 2.32. The molecule has 0 radical (unpaired) electrons. The first kappa shape index (κ1) is 20.7. The lowest BCUT2D eigenvalue weighted by Crippen LogP contribution is -2.52. The van der Waals surface area contributed by atoms with Crippen molar-refractivity contribution in [2.24, 2.45) is 5.92 Å². The van der Waals surface area contributed by atoms with Gasteiger partial charge in [-0.25, -0.2) is 23.4 Å². The van der Waals surface area contributed by atoms with Crippen LogP contribution in [0.5, 0.6) is 0 Å². The van der Waals surface area contributed by atoms with Gasteiger partial charge in [-0.15, -0.1) is 0 Å². The second-order valence-corrected chi connectivity index (χ2v) is 9.81. The first-order valence-corrected chi connectivity index (χ1v) is 12.0. The number of piperidine rings is 1. The zero-order valence-corrected chi connectivity index (χ0v) is 18.1. The predicted octanol–water partition coefficient (Wildman–Crippen LogP) is 0.291. The average molecular weight is 434 g/mol. The SMILES string of the molecule is Cc1nccn1-c1cc(N2CCC(C(=O)N3CCN(S(C)(=O)=O)CC3)CC2)ncn1. The summed E-state index contributed by atoms with van der Waals surface area (Å²) in [5, 5.41) is 0. The molecule has 2 aromatic heterocycles. The van der Waals surface area contributed by atoms with E-state index in [0.29, 0.717) is 26.2 Å². The maximum atomic E-state index is 12.9. The summed E-state index contributed by atoms with van der Waals surface area (Å²) in [6.07, 6.45) is 7.90. The lowest BCUT2D eigenvalue weighted by atomic mass is 9.95. The third-order valence-electron chi connectivity index (χ3n) is 5.90. The number of aromatic nitrogens is 4. The van der Waals surface area contributed by atoms with Crippen LogP contribution in [-0.4, -0.2) is 88.6 Å². The number of anilines is 1. The Morgan fingerprint density at radius 2 is 1.67 bits per heavy atom. The Hall–Kier alpha value is -2.53. The number of carbonyl (C=O) groups is 1. The molecular formula is C19H27N7O3S. The van der Waals surface area contributed by atoms with Crippen molar-refractivity contribution in [1.29, 1.82) is 0 Å². The van der Waals surface area contributed by atoms with E-state index < -0.39 is 10.0 Å². The minimum absolute atomic E-state index is 0.0248. The quantitative estimate of drug-likeness (QED) is 0.682. The molecule has 2 aromatic rings. The molecule has 2 saturated heterocycles. The third-order valence-corrected chi connectivity index (χ3v) is 7.20. The van der Waals surface area contributed by atoms with Gasteiger partial charge in [-0.3, -0.25) is 9.36 Å². The molecule has 4 rings (SSSR count). The molecule has 0 spiro atoms. The molecule has 10 nitrogen and oxygen atoms in total. The number of hydrogen-bond donors (Lipinski definition) is 0. The Balaban J connectivity index is 1.34. The van der Waals surface area contributed by atoms with E-state index >= 15 is 0 Å². The number of carbonyl (C=O) groups excluding carboxylic acids is 1. The third kappa shape index (κ3) is 4.31. The molecule has 0 aromatic carbocycles. The van der Waals surface area contributed by atoms with Gasteiger partial charge >= 0.3 is 0 Å². The molecule has 2 aliphatic rings. The number of hydrogen-bond acceptors (Lipinski definition) is 7. The van der Waals surface area contributed by atoms with Crippen LogP contribution >= 0.6 is 0 Å². The number of aryl methyl sites for hydroxylation is 1. The van der Waals surface area contributed by atoms with Crippen LogP contribution in [0.2, 0.25) is 0 Å². The van der Waals surface area contributed by atoms with Crippen LogP contribution in [0.1, 0.15) is 18.7 Å². The minimum atomic E-state index is -3.19. The molecule has 0 unspecified atom stereocenters. The van der Waals surface area contributed by atoms with Crippen molar-refractivity contribution in [2.45, 2.75) is 19.8 Å². The number of nitrogens with zero attached hydrogens (tertiary/aromatic N) is 7. The van der Waals surface area contributed by atoms with Crippen molar-refractivity contribution < 1.29 is 13.2 Å². The summed E-state index contributed by atoms with van der Waals surface area (Å²) in [5.74, 6) is 2.60. The standard InChI is InChI=1S/C19H27N7O3S/c1-15-20-5-8-26(15)18-13-17(21-14-22-18)23-6-3-16(4-7-23)19(27)24-9-11-25(12-10-24)30(2,28)29/h5,8,13-14,16H,3-4,6-7,9-12H2,1-2H3. The van der Waals surface area contributed by atoms with E-state index in [0.717, 1.165) is 43.4 Å². The summed E-state index contributed by atoms with van der Waals surface area (Å²) in [6.45, 7) is 5.10. The molecule has 162 valence electrons. The maximum absolute atomic E-state index is 12.9. The fraction of sp³-hybridized carbons (Fsp3) is 0.579. The largest absolute Gasteiger partial charge is 0.356 e. The van der Waals surface area contributed by atoms with Crippen molar-refractivity contribution in [2.75, 3.05) is 50.4 Å². The van der Waals surface area contributed by atoms with Gasteiger partial charge in [-0.2, -0.15) is 4.31 Å². The molecule has 1 amide bonds. The van der Waals surface area contributed by atoms with Crippen LogP contribution in [0.4, 0.5) is 5.82 Å². The van der Waals surface area contributed by atoms with Crippen LogP contribution in [0, 0.1) is 12.8 Å². The van der Waals surface area contributed by atoms with E-state index in [4.69, 9.17) is 0 Å². The Bertz CT molecular complexity index is 1010. The summed E-state index contributed by atoms with van der Waals surface area (Å²) in [6, 6.07) is 1.95. The monoisotopic (exact) mass is 433 g/mol. The molecule has 0 saturated carbocycles. The van der Waals surface area contributed by atoms with Crippen LogP contribution < -0.4 is 4.90 Å². The predicted molar refractivity (Wildman–Crippen MR) is 112 cm³/mol. The van der Waals surface area contributed by atoms with Gasteiger partial charge in [0.1, 0.15) is 23.8 Å². The van der Waals surface area contributed by atoms with Gasteiger partial charge in [-0.1, -0.05) is 0 Å². The minimum Gasteiger partial charge on any atom is -0.356 e. The first-order chi connectivity index (χ1) is 14.3.